The number of alkyl halides is 3. The maximum absolute atomic E-state index is 12.4. The minimum absolute atomic E-state index is 0.0691. The van der Waals surface area contributed by atoms with Gasteiger partial charge in [-0.1, -0.05) is 35.3 Å². The maximum Gasteiger partial charge on any atom is 0.573 e. The monoisotopic (exact) mass is 401 g/mol. The van der Waals surface area contributed by atoms with E-state index in [2.05, 4.69) is 20.3 Å². The molecule has 1 N–H and O–H groups in total. The first-order chi connectivity index (χ1) is 12.2. The van der Waals surface area contributed by atoms with Crippen molar-refractivity contribution < 1.29 is 22.7 Å². The maximum atomic E-state index is 12.4. The first-order valence-electron chi connectivity index (χ1n) is 7.01. The highest BCUT2D eigenvalue weighted by molar-refractivity contribution is 6.38. The van der Waals surface area contributed by atoms with Crippen LogP contribution in [0, 0.1) is 0 Å². The Morgan fingerprint density at radius 3 is 2.38 bits per heavy atom. The van der Waals surface area contributed by atoms with Gasteiger partial charge in [-0.05, 0) is 24.3 Å². The zero-order valence-corrected chi connectivity index (χ0v) is 14.2. The van der Waals surface area contributed by atoms with E-state index in [0.717, 1.165) is 12.1 Å². The van der Waals surface area contributed by atoms with Crippen molar-refractivity contribution >= 4 is 45.6 Å². The van der Waals surface area contributed by atoms with Crippen molar-refractivity contribution in [3.63, 3.8) is 0 Å². The van der Waals surface area contributed by atoms with E-state index in [1.807, 2.05) is 0 Å². The molecule has 0 aliphatic rings. The number of ether oxygens (including phenoxy) is 1. The number of nitrogens with zero attached hydrogens (tertiary/aromatic N) is 2. The van der Waals surface area contributed by atoms with Gasteiger partial charge in [0.25, 0.3) is 5.91 Å². The molecule has 0 radical (unpaired) electrons. The summed E-state index contributed by atoms with van der Waals surface area (Å²) in [5, 5.41) is 11.0. The predicted molar refractivity (Wildman–Crippen MR) is 90.6 cm³/mol. The largest absolute Gasteiger partial charge is 0.573 e. The average Bonchev–Trinajstić information content (AvgIpc) is 2.57. The van der Waals surface area contributed by atoms with Crippen LogP contribution in [0.15, 0.2) is 42.5 Å². The minimum Gasteiger partial charge on any atom is -0.406 e. The van der Waals surface area contributed by atoms with Crippen LogP contribution >= 0.6 is 23.2 Å². The normalized spacial score (nSPS) is 11.4. The highest BCUT2D eigenvalue weighted by atomic mass is 35.5. The summed E-state index contributed by atoms with van der Waals surface area (Å²) in [6.45, 7) is 0. The lowest BCUT2D eigenvalue weighted by Crippen LogP contribution is -2.17. The predicted octanol–water partition coefficient (Wildman–Crippen LogP) is 5.09. The van der Waals surface area contributed by atoms with Crippen LogP contribution in [0.5, 0.6) is 5.75 Å². The van der Waals surface area contributed by atoms with E-state index in [4.69, 9.17) is 23.2 Å². The van der Waals surface area contributed by atoms with E-state index in [9.17, 15) is 18.0 Å². The number of carbonyl (C=O) groups is 1. The third kappa shape index (κ3) is 4.14. The number of hydrogen-bond donors (Lipinski definition) is 1. The Kier molecular flexibility index (Phi) is 4.88. The molecule has 0 atom stereocenters. The summed E-state index contributed by atoms with van der Waals surface area (Å²) in [6.07, 6.45) is -4.82. The minimum atomic E-state index is -4.82. The number of aromatic nitrogens is 2. The summed E-state index contributed by atoms with van der Waals surface area (Å²) in [5.74, 6) is -1.00. The Labute approximate surface area is 154 Å². The zero-order chi connectivity index (χ0) is 18.9. The molecule has 0 aliphatic heterocycles. The standard InChI is InChI=1S/C16H8Cl2F3N3O2/c17-13-11-5-4-8(6-12(11)14(18)24-23-13)15(25)22-9-2-1-3-10(7-9)26-16(19,20)21/h1-7H,(H,22,25). The number of benzene rings is 2. The number of rotatable bonds is 3. The molecular weight excluding hydrogens is 394 g/mol. The van der Waals surface area contributed by atoms with Gasteiger partial charge in [-0.15, -0.1) is 23.4 Å². The van der Waals surface area contributed by atoms with Crippen molar-refractivity contribution in [1.29, 1.82) is 0 Å². The number of anilines is 1. The molecule has 26 heavy (non-hydrogen) atoms. The van der Waals surface area contributed by atoms with Crippen molar-refractivity contribution in [2.75, 3.05) is 5.32 Å². The van der Waals surface area contributed by atoms with Crippen LogP contribution in [0.1, 0.15) is 10.4 Å². The number of carbonyl (C=O) groups excluding carboxylic acids is 1. The van der Waals surface area contributed by atoms with Gasteiger partial charge in [-0.3, -0.25) is 4.79 Å². The van der Waals surface area contributed by atoms with Gasteiger partial charge in [0.05, 0.1) is 0 Å². The quantitative estimate of drug-likeness (QED) is 0.663. The summed E-state index contributed by atoms with van der Waals surface area (Å²) in [7, 11) is 0. The molecule has 0 saturated carbocycles. The Morgan fingerprint density at radius 1 is 1.00 bits per heavy atom. The third-order valence-electron chi connectivity index (χ3n) is 3.28. The van der Waals surface area contributed by atoms with Gasteiger partial charge in [-0.25, -0.2) is 0 Å². The number of nitrogens with one attached hydrogen (secondary N) is 1. The summed E-state index contributed by atoms with van der Waals surface area (Å²) in [5.41, 5.74) is 0.347. The third-order valence-corrected chi connectivity index (χ3v) is 3.84. The molecule has 1 amide bonds. The first-order valence-corrected chi connectivity index (χ1v) is 7.77. The van der Waals surface area contributed by atoms with Gasteiger partial charge < -0.3 is 10.1 Å². The van der Waals surface area contributed by atoms with E-state index < -0.39 is 18.0 Å². The lowest BCUT2D eigenvalue weighted by molar-refractivity contribution is -0.274. The lowest BCUT2D eigenvalue weighted by atomic mass is 10.1. The molecule has 10 heteroatoms. The average molecular weight is 402 g/mol. The SMILES string of the molecule is O=C(Nc1cccc(OC(F)(F)F)c1)c1ccc2c(Cl)nnc(Cl)c2c1. The van der Waals surface area contributed by atoms with Crippen molar-refractivity contribution in [3.05, 3.63) is 58.3 Å². The van der Waals surface area contributed by atoms with Gasteiger partial charge in [0.15, 0.2) is 10.3 Å². The van der Waals surface area contributed by atoms with Gasteiger partial charge in [0, 0.05) is 28.1 Å². The van der Waals surface area contributed by atoms with E-state index in [1.165, 1.54) is 24.3 Å². The second kappa shape index (κ2) is 6.97. The fourth-order valence-corrected chi connectivity index (χ4v) is 2.60. The van der Waals surface area contributed by atoms with Gasteiger partial charge in [-0.2, -0.15) is 0 Å². The Morgan fingerprint density at radius 2 is 1.69 bits per heavy atom. The molecular formula is C16H8Cl2F3N3O2. The Balaban J connectivity index is 1.85. The van der Waals surface area contributed by atoms with Crippen molar-refractivity contribution in [1.82, 2.24) is 10.2 Å². The van der Waals surface area contributed by atoms with Crippen LogP contribution < -0.4 is 10.1 Å². The lowest BCUT2D eigenvalue weighted by Gasteiger charge is -2.11. The van der Waals surface area contributed by atoms with Crippen molar-refractivity contribution in [2.24, 2.45) is 0 Å². The molecule has 5 nitrogen and oxygen atoms in total. The summed E-state index contributed by atoms with van der Waals surface area (Å²) >= 11 is 11.9. The van der Waals surface area contributed by atoms with E-state index in [0.29, 0.717) is 10.8 Å². The molecule has 3 aromatic rings. The van der Waals surface area contributed by atoms with Crippen LogP contribution in [0.2, 0.25) is 10.3 Å². The van der Waals surface area contributed by atoms with Crippen LogP contribution in [-0.4, -0.2) is 22.5 Å². The summed E-state index contributed by atoms with van der Waals surface area (Å²) in [4.78, 5) is 12.4. The first kappa shape index (κ1) is 18.2. The molecule has 2 aromatic carbocycles. The molecule has 1 heterocycles. The van der Waals surface area contributed by atoms with E-state index >= 15 is 0 Å². The number of hydrogen-bond acceptors (Lipinski definition) is 4. The molecule has 1 aromatic heterocycles. The Bertz CT molecular complexity index is 996. The highest BCUT2D eigenvalue weighted by Crippen LogP contribution is 2.28. The van der Waals surface area contributed by atoms with Crippen LogP contribution in [0.25, 0.3) is 10.8 Å². The molecule has 0 spiro atoms. The highest BCUT2D eigenvalue weighted by Gasteiger charge is 2.31. The number of halogens is 5. The van der Waals surface area contributed by atoms with Gasteiger partial charge >= 0.3 is 6.36 Å². The topological polar surface area (TPSA) is 64.1 Å². The van der Waals surface area contributed by atoms with Crippen LogP contribution in [-0.2, 0) is 0 Å². The van der Waals surface area contributed by atoms with Crippen LogP contribution in [0.4, 0.5) is 18.9 Å². The van der Waals surface area contributed by atoms with Crippen molar-refractivity contribution in [2.45, 2.75) is 6.36 Å². The fraction of sp³-hybridized carbons (Fsp3) is 0.0625. The smallest absolute Gasteiger partial charge is 0.406 e. The molecule has 3 rings (SSSR count). The fourth-order valence-electron chi connectivity index (χ4n) is 2.21. The van der Waals surface area contributed by atoms with E-state index in [-0.39, 0.29) is 21.6 Å². The Hall–Kier alpha value is -2.58. The van der Waals surface area contributed by atoms with Gasteiger partial charge in [0.1, 0.15) is 5.75 Å². The molecule has 0 bridgehead atoms. The number of fused-ring (bicyclic) bond motifs is 1. The summed E-state index contributed by atoms with van der Waals surface area (Å²) in [6, 6.07) is 9.43. The zero-order valence-electron chi connectivity index (χ0n) is 12.6. The molecule has 0 aliphatic carbocycles. The molecule has 0 saturated heterocycles. The molecule has 134 valence electrons. The number of amides is 1. The second-order valence-corrected chi connectivity index (χ2v) is 5.79. The van der Waals surface area contributed by atoms with Crippen molar-refractivity contribution in [3.8, 4) is 5.75 Å². The summed E-state index contributed by atoms with van der Waals surface area (Å²) < 4.78 is 40.6. The molecule has 0 unspecified atom stereocenters. The van der Waals surface area contributed by atoms with E-state index in [1.54, 1.807) is 6.07 Å². The second-order valence-electron chi connectivity index (χ2n) is 5.07. The molecule has 0 fully saturated rings. The van der Waals surface area contributed by atoms with Crippen LogP contribution in [0.3, 0.4) is 0 Å². The van der Waals surface area contributed by atoms with Gasteiger partial charge in [0.2, 0.25) is 0 Å².